The molecule has 5 nitrogen and oxygen atoms in total. The van der Waals surface area contributed by atoms with Gasteiger partial charge in [0.15, 0.2) is 0 Å². The fourth-order valence-corrected chi connectivity index (χ4v) is 1.74. The van der Waals surface area contributed by atoms with Crippen molar-refractivity contribution in [3.8, 4) is 0 Å². The van der Waals surface area contributed by atoms with Gasteiger partial charge >= 0.3 is 0 Å². The molecule has 0 saturated carbocycles. The van der Waals surface area contributed by atoms with Gasteiger partial charge in [0.2, 0.25) is 0 Å². The zero-order valence-electron chi connectivity index (χ0n) is 13.1. The number of aromatic nitrogens is 1. The Bertz CT molecular complexity index is 472. The van der Waals surface area contributed by atoms with Crippen molar-refractivity contribution < 1.29 is 9.59 Å². The third kappa shape index (κ3) is 6.38. The molecule has 0 aliphatic heterocycles. The molecule has 1 aromatic heterocycles. The van der Waals surface area contributed by atoms with Gasteiger partial charge in [-0.15, -0.1) is 0 Å². The summed E-state index contributed by atoms with van der Waals surface area (Å²) < 4.78 is 0. The summed E-state index contributed by atoms with van der Waals surface area (Å²) in [5.74, 6) is -0.104. The van der Waals surface area contributed by atoms with Crippen LogP contribution in [0.3, 0.4) is 0 Å². The maximum atomic E-state index is 11.9. The average Bonchev–Trinajstić information content (AvgIpc) is 2.49. The Balaban J connectivity index is 2.58. The lowest BCUT2D eigenvalue weighted by molar-refractivity contribution is 0.0941. The molecule has 21 heavy (non-hydrogen) atoms. The highest BCUT2D eigenvalue weighted by atomic mass is 16.2. The summed E-state index contributed by atoms with van der Waals surface area (Å²) in [5, 5.41) is 5.61. The van der Waals surface area contributed by atoms with Gasteiger partial charge in [0.25, 0.3) is 11.8 Å². The van der Waals surface area contributed by atoms with E-state index in [4.69, 9.17) is 0 Å². The number of nitrogens with zero attached hydrogens (tertiary/aromatic N) is 1. The van der Waals surface area contributed by atoms with Gasteiger partial charge in [0.05, 0.1) is 0 Å². The molecule has 0 aliphatic rings. The van der Waals surface area contributed by atoms with Crippen LogP contribution in [0.25, 0.3) is 0 Å². The molecule has 2 amide bonds. The van der Waals surface area contributed by atoms with Crippen LogP contribution in [0.15, 0.2) is 18.2 Å². The van der Waals surface area contributed by atoms with E-state index in [-0.39, 0.29) is 23.2 Å². The zero-order valence-corrected chi connectivity index (χ0v) is 13.1. The van der Waals surface area contributed by atoms with Gasteiger partial charge in [-0.3, -0.25) is 9.59 Å². The van der Waals surface area contributed by atoms with Crippen LogP contribution in [-0.2, 0) is 0 Å². The number of unbranched alkanes of at least 4 members (excludes halogenated alkanes) is 2. The van der Waals surface area contributed by atoms with Gasteiger partial charge in [-0.1, -0.05) is 39.7 Å². The number of carbonyl (C=O) groups excluding carboxylic acids is 2. The minimum Gasteiger partial charge on any atom is -0.351 e. The van der Waals surface area contributed by atoms with E-state index >= 15 is 0 Å². The maximum Gasteiger partial charge on any atom is 0.269 e. The monoisotopic (exact) mass is 291 g/mol. The molecule has 2 N–H and O–H groups in total. The quantitative estimate of drug-likeness (QED) is 0.722. The highest BCUT2D eigenvalue weighted by molar-refractivity contribution is 5.96. The fourth-order valence-electron chi connectivity index (χ4n) is 1.74. The molecule has 116 valence electrons. The molecule has 1 aromatic rings. The van der Waals surface area contributed by atoms with Crippen molar-refractivity contribution in [3.63, 3.8) is 0 Å². The van der Waals surface area contributed by atoms with Gasteiger partial charge in [0.1, 0.15) is 11.4 Å². The second-order valence-corrected chi connectivity index (χ2v) is 5.47. The van der Waals surface area contributed by atoms with Gasteiger partial charge in [-0.25, -0.2) is 4.98 Å². The number of pyridine rings is 1. The first-order chi connectivity index (χ1) is 10.0. The van der Waals surface area contributed by atoms with Crippen LogP contribution in [-0.4, -0.2) is 29.9 Å². The molecule has 0 spiro atoms. The summed E-state index contributed by atoms with van der Waals surface area (Å²) in [6, 6.07) is 4.91. The van der Waals surface area contributed by atoms with Crippen molar-refractivity contribution in [2.45, 2.75) is 40.0 Å². The van der Waals surface area contributed by atoms with Crippen LogP contribution in [0.5, 0.6) is 0 Å². The normalized spacial score (nSPS) is 10.5. The van der Waals surface area contributed by atoms with Crippen LogP contribution < -0.4 is 10.6 Å². The topological polar surface area (TPSA) is 71.1 Å². The van der Waals surface area contributed by atoms with Crippen LogP contribution in [0.1, 0.15) is 61.0 Å². The van der Waals surface area contributed by atoms with Crippen LogP contribution in [0, 0.1) is 5.92 Å². The zero-order chi connectivity index (χ0) is 15.7. The van der Waals surface area contributed by atoms with Crippen molar-refractivity contribution in [1.29, 1.82) is 0 Å². The Hall–Kier alpha value is -1.91. The molecule has 0 bridgehead atoms. The van der Waals surface area contributed by atoms with Crippen molar-refractivity contribution in [2.24, 2.45) is 5.92 Å². The van der Waals surface area contributed by atoms with Crippen LogP contribution in [0.2, 0.25) is 0 Å². The smallest absolute Gasteiger partial charge is 0.269 e. The van der Waals surface area contributed by atoms with E-state index in [9.17, 15) is 9.59 Å². The molecule has 5 heteroatoms. The Kier molecular flexibility index (Phi) is 7.43. The number of carbonyl (C=O) groups is 2. The molecular formula is C16H25N3O2. The van der Waals surface area contributed by atoms with E-state index in [0.717, 1.165) is 19.3 Å². The fraction of sp³-hybridized carbons (Fsp3) is 0.562. The molecular weight excluding hydrogens is 266 g/mol. The van der Waals surface area contributed by atoms with E-state index in [0.29, 0.717) is 19.0 Å². The molecule has 0 saturated heterocycles. The minimum absolute atomic E-state index is 0.232. The van der Waals surface area contributed by atoms with Crippen molar-refractivity contribution in [3.05, 3.63) is 29.6 Å². The first kappa shape index (κ1) is 17.1. The second kappa shape index (κ2) is 9.10. The van der Waals surface area contributed by atoms with Crippen molar-refractivity contribution >= 4 is 11.8 Å². The Morgan fingerprint density at radius 2 is 1.71 bits per heavy atom. The summed E-state index contributed by atoms with van der Waals surface area (Å²) >= 11 is 0. The van der Waals surface area contributed by atoms with Gasteiger partial charge in [-0.05, 0) is 24.5 Å². The third-order valence-electron chi connectivity index (χ3n) is 2.95. The SMILES string of the molecule is CCCCCNC(=O)c1cccc(C(=O)NCC(C)C)n1. The highest BCUT2D eigenvalue weighted by Crippen LogP contribution is 2.01. The first-order valence-corrected chi connectivity index (χ1v) is 7.58. The van der Waals surface area contributed by atoms with E-state index in [1.807, 2.05) is 13.8 Å². The van der Waals surface area contributed by atoms with E-state index in [1.165, 1.54) is 0 Å². The maximum absolute atomic E-state index is 11.9. The number of hydrogen-bond donors (Lipinski definition) is 2. The van der Waals surface area contributed by atoms with Crippen molar-refractivity contribution in [2.75, 3.05) is 13.1 Å². The van der Waals surface area contributed by atoms with E-state index in [1.54, 1.807) is 18.2 Å². The summed E-state index contributed by atoms with van der Waals surface area (Å²) in [5.41, 5.74) is 0.556. The lowest BCUT2D eigenvalue weighted by Crippen LogP contribution is -2.30. The van der Waals surface area contributed by atoms with Gasteiger partial charge in [-0.2, -0.15) is 0 Å². The number of nitrogens with one attached hydrogen (secondary N) is 2. The number of rotatable bonds is 8. The molecule has 0 atom stereocenters. The van der Waals surface area contributed by atoms with Crippen LogP contribution >= 0.6 is 0 Å². The Morgan fingerprint density at radius 3 is 2.29 bits per heavy atom. The third-order valence-corrected chi connectivity index (χ3v) is 2.95. The summed E-state index contributed by atoms with van der Waals surface area (Å²) in [4.78, 5) is 28.0. The lowest BCUT2D eigenvalue weighted by Gasteiger charge is -2.08. The minimum atomic E-state index is -0.246. The second-order valence-electron chi connectivity index (χ2n) is 5.47. The predicted molar refractivity (Wildman–Crippen MR) is 83.3 cm³/mol. The number of amides is 2. The average molecular weight is 291 g/mol. The summed E-state index contributed by atoms with van der Waals surface area (Å²) in [6.07, 6.45) is 3.15. The molecule has 1 rings (SSSR count). The van der Waals surface area contributed by atoms with E-state index < -0.39 is 0 Å². The predicted octanol–water partition coefficient (Wildman–Crippen LogP) is 2.39. The Labute approximate surface area is 126 Å². The molecule has 0 radical (unpaired) electrons. The largest absolute Gasteiger partial charge is 0.351 e. The molecule has 0 fully saturated rings. The molecule has 1 heterocycles. The van der Waals surface area contributed by atoms with E-state index in [2.05, 4.69) is 22.5 Å². The standard InChI is InChI=1S/C16H25N3O2/c1-4-5-6-10-17-15(20)13-8-7-9-14(19-13)16(21)18-11-12(2)3/h7-9,12H,4-6,10-11H2,1-3H3,(H,17,20)(H,18,21). The number of hydrogen-bond acceptors (Lipinski definition) is 3. The summed E-state index contributed by atoms with van der Waals surface area (Å²) in [6.45, 7) is 7.39. The van der Waals surface area contributed by atoms with Gasteiger partial charge in [0, 0.05) is 13.1 Å². The van der Waals surface area contributed by atoms with Gasteiger partial charge < -0.3 is 10.6 Å². The first-order valence-electron chi connectivity index (χ1n) is 7.58. The van der Waals surface area contributed by atoms with Crippen LogP contribution in [0.4, 0.5) is 0 Å². The molecule has 0 unspecified atom stereocenters. The lowest BCUT2D eigenvalue weighted by atomic mass is 10.2. The van der Waals surface area contributed by atoms with Crippen molar-refractivity contribution in [1.82, 2.24) is 15.6 Å². The Morgan fingerprint density at radius 1 is 1.10 bits per heavy atom. The summed E-state index contributed by atoms with van der Waals surface area (Å²) in [7, 11) is 0. The highest BCUT2D eigenvalue weighted by Gasteiger charge is 2.12. The molecule has 0 aliphatic carbocycles. The molecule has 0 aromatic carbocycles.